The van der Waals surface area contributed by atoms with Crippen LogP contribution in [0.25, 0.3) is 0 Å². The van der Waals surface area contributed by atoms with Crippen molar-refractivity contribution in [2.45, 2.75) is 24.7 Å². The molecule has 2 aromatic carbocycles. The molecule has 0 fully saturated rings. The number of imidazole rings is 1. The smallest absolute Gasteiger partial charge is 0.237 e. The normalized spacial score (nSPS) is 13.0. The van der Waals surface area contributed by atoms with E-state index in [1.54, 1.807) is 0 Å². The average Bonchev–Trinajstić information content (AvgIpc) is 3.31. The van der Waals surface area contributed by atoms with E-state index in [1.165, 1.54) is 17.3 Å². The molecule has 27 heavy (non-hydrogen) atoms. The van der Waals surface area contributed by atoms with E-state index in [0.717, 1.165) is 29.4 Å². The number of aromatic nitrogens is 2. The summed E-state index contributed by atoms with van der Waals surface area (Å²) in [6.45, 7) is 1.29. The van der Waals surface area contributed by atoms with Gasteiger partial charge in [-0.05, 0) is 23.6 Å². The van der Waals surface area contributed by atoms with Crippen LogP contribution in [-0.2, 0) is 24.4 Å². The van der Waals surface area contributed by atoms with Crippen LogP contribution in [0.5, 0.6) is 0 Å². The summed E-state index contributed by atoms with van der Waals surface area (Å²) in [6.07, 6.45) is 2.76. The Balaban J connectivity index is 1.46. The van der Waals surface area contributed by atoms with E-state index in [4.69, 9.17) is 0 Å². The van der Waals surface area contributed by atoms with Gasteiger partial charge >= 0.3 is 0 Å². The number of rotatable bonds is 6. The highest BCUT2D eigenvalue weighted by molar-refractivity contribution is 7.99. The Bertz CT molecular complexity index is 940. The van der Waals surface area contributed by atoms with Gasteiger partial charge in [0.1, 0.15) is 0 Å². The number of nitrogens with zero attached hydrogens (tertiary/aromatic N) is 3. The summed E-state index contributed by atoms with van der Waals surface area (Å²) in [5, 5.41) is 10.2. The van der Waals surface area contributed by atoms with Gasteiger partial charge in [-0.15, -0.1) is 0 Å². The Hall–Kier alpha value is -2.57. The minimum absolute atomic E-state index is 0.0877. The molecule has 0 spiro atoms. The molecule has 0 bridgehead atoms. The second-order valence-electron chi connectivity index (χ2n) is 6.50. The van der Waals surface area contributed by atoms with Gasteiger partial charge in [-0.3, -0.25) is 4.79 Å². The molecule has 4 rings (SSSR count). The number of benzene rings is 2. The predicted molar refractivity (Wildman–Crippen MR) is 107 cm³/mol. The van der Waals surface area contributed by atoms with E-state index in [-0.39, 0.29) is 12.5 Å². The third kappa shape index (κ3) is 3.91. The summed E-state index contributed by atoms with van der Waals surface area (Å²) in [4.78, 5) is 19.1. The molecule has 6 heteroatoms. The van der Waals surface area contributed by atoms with Crippen LogP contribution in [0.2, 0.25) is 0 Å². The van der Waals surface area contributed by atoms with Crippen molar-refractivity contribution in [3.8, 4) is 0 Å². The van der Waals surface area contributed by atoms with Gasteiger partial charge in [0, 0.05) is 25.0 Å². The minimum atomic E-state index is -0.108. The number of fused-ring (bicyclic) bond motifs is 1. The van der Waals surface area contributed by atoms with Crippen molar-refractivity contribution in [1.82, 2.24) is 9.55 Å². The summed E-state index contributed by atoms with van der Waals surface area (Å²) in [5.41, 5.74) is 4.02. The van der Waals surface area contributed by atoms with Crippen LogP contribution in [0.15, 0.2) is 66.0 Å². The summed E-state index contributed by atoms with van der Waals surface area (Å²) in [5.74, 6) is 0.412. The van der Waals surface area contributed by atoms with Crippen LogP contribution >= 0.6 is 11.8 Å². The van der Waals surface area contributed by atoms with Gasteiger partial charge in [0.05, 0.1) is 18.1 Å². The summed E-state index contributed by atoms with van der Waals surface area (Å²) >= 11 is 1.42. The number of carbonyl (C=O) groups excluding carboxylic acids is 1. The first-order valence-corrected chi connectivity index (χ1v) is 9.95. The van der Waals surface area contributed by atoms with E-state index in [2.05, 4.69) is 23.2 Å². The predicted octanol–water partition coefficient (Wildman–Crippen LogP) is 3.11. The monoisotopic (exact) mass is 379 g/mol. The SMILES string of the molecule is O=C(CSc1nc(CO)cn1Cc1ccccc1)N1CCc2ccccc21. The highest BCUT2D eigenvalue weighted by atomic mass is 32.2. The average molecular weight is 379 g/mol. The zero-order valence-electron chi connectivity index (χ0n) is 14.9. The number of para-hydroxylation sites is 1. The lowest BCUT2D eigenvalue weighted by atomic mass is 10.2. The molecule has 5 nitrogen and oxygen atoms in total. The van der Waals surface area contributed by atoms with Crippen LogP contribution in [0.3, 0.4) is 0 Å². The number of carbonyl (C=O) groups is 1. The van der Waals surface area contributed by atoms with Gasteiger partial charge in [-0.25, -0.2) is 4.98 Å². The molecule has 1 aliphatic rings. The topological polar surface area (TPSA) is 58.4 Å². The Kier molecular flexibility index (Phi) is 5.27. The van der Waals surface area contributed by atoms with E-state index in [0.29, 0.717) is 18.0 Å². The van der Waals surface area contributed by atoms with Gasteiger partial charge in [0.15, 0.2) is 5.16 Å². The van der Waals surface area contributed by atoms with Crippen molar-refractivity contribution >= 4 is 23.4 Å². The number of aliphatic hydroxyl groups excluding tert-OH is 1. The number of amides is 1. The standard InChI is InChI=1S/C21H21N3O2S/c25-14-18-13-23(12-16-6-2-1-3-7-16)21(22-18)27-15-20(26)24-11-10-17-8-4-5-9-19(17)24/h1-9,13,25H,10-12,14-15H2. The second kappa shape index (κ2) is 7.98. The van der Waals surface area contributed by atoms with Crippen LogP contribution in [-0.4, -0.2) is 32.9 Å². The molecular formula is C21H21N3O2S. The highest BCUT2D eigenvalue weighted by Crippen LogP contribution is 2.29. The van der Waals surface area contributed by atoms with Crippen molar-refractivity contribution < 1.29 is 9.90 Å². The van der Waals surface area contributed by atoms with Crippen molar-refractivity contribution in [3.63, 3.8) is 0 Å². The van der Waals surface area contributed by atoms with E-state index >= 15 is 0 Å². The maximum atomic E-state index is 12.7. The van der Waals surface area contributed by atoms with E-state index < -0.39 is 0 Å². The molecule has 0 aliphatic carbocycles. The number of hydrogen-bond donors (Lipinski definition) is 1. The molecule has 1 amide bonds. The summed E-state index contributed by atoms with van der Waals surface area (Å²) in [6, 6.07) is 18.2. The lowest BCUT2D eigenvalue weighted by molar-refractivity contribution is -0.116. The molecule has 3 aromatic rings. The molecule has 1 N–H and O–H groups in total. The number of aliphatic hydroxyl groups is 1. The van der Waals surface area contributed by atoms with Crippen molar-refractivity contribution in [2.75, 3.05) is 17.2 Å². The number of hydrogen-bond acceptors (Lipinski definition) is 4. The Morgan fingerprint density at radius 2 is 1.89 bits per heavy atom. The fraction of sp³-hybridized carbons (Fsp3) is 0.238. The van der Waals surface area contributed by atoms with Gasteiger partial charge < -0.3 is 14.6 Å². The Labute approximate surface area is 162 Å². The highest BCUT2D eigenvalue weighted by Gasteiger charge is 2.24. The second-order valence-corrected chi connectivity index (χ2v) is 7.44. The van der Waals surface area contributed by atoms with Crippen LogP contribution in [0, 0.1) is 0 Å². The molecule has 0 atom stereocenters. The molecule has 0 radical (unpaired) electrons. The van der Waals surface area contributed by atoms with Crippen molar-refractivity contribution in [3.05, 3.63) is 77.6 Å². The summed E-state index contributed by atoms with van der Waals surface area (Å²) in [7, 11) is 0. The largest absolute Gasteiger partial charge is 0.390 e. The molecule has 0 saturated carbocycles. The Morgan fingerprint density at radius 1 is 1.11 bits per heavy atom. The van der Waals surface area contributed by atoms with Crippen molar-refractivity contribution in [1.29, 1.82) is 0 Å². The number of anilines is 1. The first kappa shape index (κ1) is 17.8. The molecule has 0 saturated heterocycles. The van der Waals surface area contributed by atoms with Gasteiger partial charge in [0.2, 0.25) is 5.91 Å². The summed E-state index contributed by atoms with van der Waals surface area (Å²) < 4.78 is 2.00. The Morgan fingerprint density at radius 3 is 2.70 bits per heavy atom. The third-order valence-electron chi connectivity index (χ3n) is 4.66. The lowest BCUT2D eigenvalue weighted by Crippen LogP contribution is -2.30. The van der Waals surface area contributed by atoms with Crippen molar-refractivity contribution in [2.24, 2.45) is 0 Å². The van der Waals surface area contributed by atoms with E-state index in [1.807, 2.05) is 52.1 Å². The molecule has 1 aliphatic heterocycles. The van der Waals surface area contributed by atoms with E-state index in [9.17, 15) is 9.90 Å². The lowest BCUT2D eigenvalue weighted by Gasteiger charge is -2.17. The molecular weight excluding hydrogens is 358 g/mol. The maximum Gasteiger partial charge on any atom is 0.237 e. The van der Waals surface area contributed by atoms with Crippen LogP contribution in [0.4, 0.5) is 5.69 Å². The molecule has 138 valence electrons. The minimum Gasteiger partial charge on any atom is -0.390 e. The zero-order valence-corrected chi connectivity index (χ0v) is 15.7. The first-order valence-electron chi connectivity index (χ1n) is 8.96. The third-order valence-corrected chi connectivity index (χ3v) is 5.64. The quantitative estimate of drug-likeness (QED) is 0.669. The van der Waals surface area contributed by atoms with Crippen LogP contribution < -0.4 is 4.90 Å². The maximum absolute atomic E-state index is 12.7. The molecule has 1 aromatic heterocycles. The van der Waals surface area contributed by atoms with Gasteiger partial charge in [-0.2, -0.15) is 0 Å². The first-order chi connectivity index (χ1) is 13.2. The molecule has 0 unspecified atom stereocenters. The fourth-order valence-electron chi connectivity index (χ4n) is 3.34. The van der Waals surface area contributed by atoms with Crippen LogP contribution in [0.1, 0.15) is 16.8 Å². The zero-order chi connectivity index (χ0) is 18.6. The fourth-order valence-corrected chi connectivity index (χ4v) is 4.21. The van der Waals surface area contributed by atoms with Gasteiger partial charge in [-0.1, -0.05) is 60.3 Å². The number of thioether (sulfide) groups is 1. The van der Waals surface area contributed by atoms with Gasteiger partial charge in [0.25, 0.3) is 0 Å². The molecule has 2 heterocycles.